The maximum Gasteiger partial charge on any atom is 0.115 e. The fourth-order valence-corrected chi connectivity index (χ4v) is 7.46. The Morgan fingerprint density at radius 3 is 2.81 bits per heavy atom. The van der Waals surface area contributed by atoms with E-state index in [1.54, 1.807) is 5.56 Å². The number of hydrogen-bond acceptors (Lipinski definition) is 1. The summed E-state index contributed by atoms with van der Waals surface area (Å²) in [5.41, 5.74) is 3.58. The molecular weight excluding hydrogens is 316 g/mol. The number of aromatic hydroxyl groups is 1. The Balaban J connectivity index is 1.52. The normalized spacial score (nSPS) is 36.9. The van der Waals surface area contributed by atoms with Crippen molar-refractivity contribution < 1.29 is 5.11 Å². The van der Waals surface area contributed by atoms with Gasteiger partial charge in [0.2, 0.25) is 0 Å². The Morgan fingerprint density at radius 2 is 2.00 bits per heavy atom. The summed E-state index contributed by atoms with van der Waals surface area (Å²) >= 11 is 0. The van der Waals surface area contributed by atoms with Crippen LogP contribution in [-0.4, -0.2) is 5.11 Å². The molecule has 0 bridgehead atoms. The fraction of sp³-hybridized carbons (Fsp3) is 0.760. The average Bonchev–Trinajstić information content (AvgIpc) is 2.98. The highest BCUT2D eigenvalue weighted by atomic mass is 16.3. The van der Waals surface area contributed by atoms with Crippen LogP contribution in [0.5, 0.6) is 5.75 Å². The van der Waals surface area contributed by atoms with Crippen LogP contribution in [0.15, 0.2) is 18.2 Å². The van der Waals surface area contributed by atoms with E-state index in [-0.39, 0.29) is 0 Å². The van der Waals surface area contributed by atoms with Gasteiger partial charge in [-0.15, -0.1) is 0 Å². The van der Waals surface area contributed by atoms with Crippen molar-refractivity contribution >= 4 is 0 Å². The van der Waals surface area contributed by atoms with Crippen molar-refractivity contribution in [1.29, 1.82) is 0 Å². The number of phenolic OH excluding ortho intramolecular Hbond substituents is 1. The van der Waals surface area contributed by atoms with Gasteiger partial charge in [-0.1, -0.05) is 52.5 Å². The highest BCUT2D eigenvalue weighted by molar-refractivity contribution is 5.40. The molecule has 144 valence electrons. The standard InChI is InChI=1S/C25H38O/c1-4-5-6-7-17(2)23-12-13-24-22-10-8-18-16-19(26)9-11-20(18)21(22)14-15-25(23,24)3/h9,11,16-17,21-24,26H,4-8,10,12-15H2,1-3H3/t17?,21-,22-,23-,24+,25-/m1/s1. The summed E-state index contributed by atoms with van der Waals surface area (Å²) in [6.07, 6.45) is 13.9. The monoisotopic (exact) mass is 354 g/mol. The van der Waals surface area contributed by atoms with Crippen molar-refractivity contribution in [2.45, 2.75) is 90.9 Å². The molecule has 0 radical (unpaired) electrons. The van der Waals surface area contributed by atoms with Crippen LogP contribution in [0.2, 0.25) is 0 Å². The Labute approximate surface area is 160 Å². The summed E-state index contributed by atoms with van der Waals surface area (Å²) in [6.45, 7) is 7.53. The van der Waals surface area contributed by atoms with Gasteiger partial charge in [-0.3, -0.25) is 0 Å². The van der Waals surface area contributed by atoms with E-state index in [9.17, 15) is 5.11 Å². The molecule has 3 aliphatic carbocycles. The van der Waals surface area contributed by atoms with Crippen molar-refractivity contribution in [2.24, 2.45) is 29.1 Å². The van der Waals surface area contributed by atoms with Gasteiger partial charge in [-0.2, -0.15) is 0 Å². The summed E-state index contributed by atoms with van der Waals surface area (Å²) in [4.78, 5) is 0. The third-order valence-electron chi connectivity index (χ3n) is 8.73. The Hall–Kier alpha value is -0.980. The maximum atomic E-state index is 9.86. The molecule has 0 saturated heterocycles. The van der Waals surface area contributed by atoms with Crippen LogP contribution in [-0.2, 0) is 6.42 Å². The van der Waals surface area contributed by atoms with E-state index in [2.05, 4.69) is 26.8 Å². The molecule has 1 heteroatoms. The first kappa shape index (κ1) is 18.4. The van der Waals surface area contributed by atoms with Gasteiger partial charge in [-0.05, 0) is 96.8 Å². The molecule has 26 heavy (non-hydrogen) atoms. The van der Waals surface area contributed by atoms with E-state index >= 15 is 0 Å². The lowest BCUT2D eigenvalue weighted by Crippen LogP contribution is -2.43. The van der Waals surface area contributed by atoms with Crippen LogP contribution in [0.25, 0.3) is 0 Å². The minimum atomic E-state index is 0.449. The summed E-state index contributed by atoms with van der Waals surface area (Å²) < 4.78 is 0. The quantitative estimate of drug-likeness (QED) is 0.560. The molecule has 1 aromatic carbocycles. The number of phenols is 1. The predicted molar refractivity (Wildman–Crippen MR) is 110 cm³/mol. The van der Waals surface area contributed by atoms with Crippen molar-refractivity contribution in [2.75, 3.05) is 0 Å². The molecule has 1 N–H and O–H groups in total. The van der Waals surface area contributed by atoms with Gasteiger partial charge in [0.25, 0.3) is 0 Å². The summed E-state index contributed by atoms with van der Waals surface area (Å²) in [5, 5.41) is 9.86. The van der Waals surface area contributed by atoms with E-state index < -0.39 is 0 Å². The molecule has 1 aromatic rings. The lowest BCUT2D eigenvalue weighted by atomic mass is 9.53. The molecule has 6 atom stereocenters. The number of fused-ring (bicyclic) bond motifs is 5. The largest absolute Gasteiger partial charge is 0.508 e. The summed E-state index contributed by atoms with van der Waals surface area (Å²) in [7, 11) is 0. The molecule has 0 heterocycles. The number of unbranched alkanes of at least 4 members (excludes halogenated alkanes) is 2. The SMILES string of the molecule is CCCCCC(C)[C@H]1CC[C@H]2[C@@H]3CCc4cc(O)ccc4[C@H]3CC[C@]12C. The van der Waals surface area contributed by atoms with E-state index in [1.807, 2.05) is 12.1 Å². The molecule has 3 aliphatic rings. The highest BCUT2D eigenvalue weighted by Crippen LogP contribution is 2.64. The van der Waals surface area contributed by atoms with Gasteiger partial charge in [0.05, 0.1) is 0 Å². The Morgan fingerprint density at radius 1 is 1.15 bits per heavy atom. The Bertz CT molecular complexity index is 635. The molecule has 4 rings (SSSR count). The molecule has 0 spiro atoms. The third kappa shape index (κ3) is 3.00. The molecule has 2 fully saturated rings. The van der Waals surface area contributed by atoms with Crippen molar-refractivity contribution in [3.63, 3.8) is 0 Å². The topological polar surface area (TPSA) is 20.2 Å². The molecule has 2 saturated carbocycles. The van der Waals surface area contributed by atoms with Gasteiger partial charge in [0, 0.05) is 0 Å². The minimum absolute atomic E-state index is 0.449. The van der Waals surface area contributed by atoms with Gasteiger partial charge in [-0.25, -0.2) is 0 Å². The maximum absolute atomic E-state index is 9.86. The molecule has 0 aromatic heterocycles. The van der Waals surface area contributed by atoms with Crippen LogP contribution < -0.4 is 0 Å². The van der Waals surface area contributed by atoms with Crippen LogP contribution in [0.1, 0.15) is 95.6 Å². The molecular formula is C25H38O. The zero-order valence-corrected chi connectivity index (χ0v) is 17.1. The van der Waals surface area contributed by atoms with Crippen LogP contribution in [0.3, 0.4) is 0 Å². The van der Waals surface area contributed by atoms with Gasteiger partial charge in [0.15, 0.2) is 0 Å². The number of hydrogen-bond donors (Lipinski definition) is 1. The van der Waals surface area contributed by atoms with E-state index in [0.29, 0.717) is 11.2 Å². The second-order valence-corrected chi connectivity index (χ2v) is 10.0. The second-order valence-electron chi connectivity index (χ2n) is 10.0. The molecule has 1 unspecified atom stereocenters. The highest BCUT2D eigenvalue weighted by Gasteiger charge is 2.55. The smallest absolute Gasteiger partial charge is 0.115 e. The van der Waals surface area contributed by atoms with Crippen LogP contribution in [0, 0.1) is 29.1 Å². The molecule has 0 amide bonds. The van der Waals surface area contributed by atoms with Gasteiger partial charge >= 0.3 is 0 Å². The van der Waals surface area contributed by atoms with Crippen LogP contribution >= 0.6 is 0 Å². The summed E-state index contributed by atoms with van der Waals surface area (Å²) in [5.74, 6) is 4.88. The second kappa shape index (κ2) is 7.21. The van der Waals surface area contributed by atoms with E-state index in [1.165, 1.54) is 69.8 Å². The summed E-state index contributed by atoms with van der Waals surface area (Å²) in [6, 6.07) is 6.19. The zero-order chi connectivity index (χ0) is 18.3. The molecule has 0 aliphatic heterocycles. The third-order valence-corrected chi connectivity index (χ3v) is 8.73. The first-order chi connectivity index (χ1) is 12.5. The fourth-order valence-electron chi connectivity index (χ4n) is 7.46. The average molecular weight is 355 g/mol. The Kier molecular flexibility index (Phi) is 5.10. The van der Waals surface area contributed by atoms with Gasteiger partial charge < -0.3 is 5.11 Å². The minimum Gasteiger partial charge on any atom is -0.508 e. The first-order valence-electron chi connectivity index (χ1n) is 11.4. The van der Waals surface area contributed by atoms with Crippen molar-refractivity contribution in [1.82, 2.24) is 0 Å². The van der Waals surface area contributed by atoms with Gasteiger partial charge in [0.1, 0.15) is 5.75 Å². The lowest BCUT2D eigenvalue weighted by molar-refractivity contribution is 0.00978. The lowest BCUT2D eigenvalue weighted by Gasteiger charge is -2.52. The first-order valence-corrected chi connectivity index (χ1v) is 11.4. The van der Waals surface area contributed by atoms with Crippen molar-refractivity contribution in [3.8, 4) is 5.75 Å². The predicted octanol–water partition coefficient (Wildman–Crippen LogP) is 7.08. The number of benzene rings is 1. The van der Waals surface area contributed by atoms with Crippen LogP contribution in [0.4, 0.5) is 0 Å². The number of rotatable bonds is 5. The zero-order valence-electron chi connectivity index (χ0n) is 17.1. The van der Waals surface area contributed by atoms with Crippen molar-refractivity contribution in [3.05, 3.63) is 29.3 Å². The van der Waals surface area contributed by atoms with E-state index in [4.69, 9.17) is 0 Å². The number of aryl methyl sites for hydroxylation is 1. The van der Waals surface area contributed by atoms with E-state index in [0.717, 1.165) is 29.6 Å². The molecule has 1 nitrogen and oxygen atoms in total.